The SMILES string of the molecule is O=C(O)C1=CCc2ccc(C(=O)O)cc2O1. The summed E-state index contributed by atoms with van der Waals surface area (Å²) in [5, 5.41) is 17.5. The van der Waals surface area contributed by atoms with Crippen LogP contribution in [-0.4, -0.2) is 22.2 Å². The summed E-state index contributed by atoms with van der Waals surface area (Å²) in [4.78, 5) is 21.4. The van der Waals surface area contributed by atoms with Crippen LogP contribution in [0.5, 0.6) is 5.75 Å². The van der Waals surface area contributed by atoms with E-state index in [4.69, 9.17) is 14.9 Å². The molecule has 0 aliphatic carbocycles. The van der Waals surface area contributed by atoms with E-state index in [1.165, 1.54) is 18.2 Å². The van der Waals surface area contributed by atoms with Crippen molar-refractivity contribution in [3.8, 4) is 5.75 Å². The van der Waals surface area contributed by atoms with Gasteiger partial charge in [-0.05, 0) is 30.2 Å². The minimum atomic E-state index is -1.16. The molecule has 1 aromatic carbocycles. The van der Waals surface area contributed by atoms with Gasteiger partial charge >= 0.3 is 11.9 Å². The summed E-state index contributed by atoms with van der Waals surface area (Å²) in [6, 6.07) is 4.41. The van der Waals surface area contributed by atoms with Crippen molar-refractivity contribution in [2.24, 2.45) is 0 Å². The van der Waals surface area contributed by atoms with E-state index in [0.29, 0.717) is 12.2 Å². The normalized spacial score (nSPS) is 13.4. The van der Waals surface area contributed by atoms with Gasteiger partial charge in [0.25, 0.3) is 0 Å². The molecule has 0 radical (unpaired) electrons. The smallest absolute Gasteiger partial charge is 0.371 e. The highest BCUT2D eigenvalue weighted by atomic mass is 16.5. The van der Waals surface area contributed by atoms with Gasteiger partial charge in [-0.2, -0.15) is 0 Å². The first kappa shape index (κ1) is 10.2. The zero-order valence-electron chi connectivity index (χ0n) is 8.14. The number of ether oxygens (including phenoxy) is 1. The van der Waals surface area contributed by atoms with Crippen LogP contribution in [0.3, 0.4) is 0 Å². The lowest BCUT2D eigenvalue weighted by molar-refractivity contribution is -0.135. The standard InChI is InChI=1S/C11H8O5/c12-10(13)7-2-1-6-3-4-8(11(14)15)16-9(6)5-7/h1-2,4-5H,3H2,(H,12,13)(H,14,15). The molecule has 5 heteroatoms. The van der Waals surface area contributed by atoms with E-state index in [-0.39, 0.29) is 11.3 Å². The van der Waals surface area contributed by atoms with E-state index < -0.39 is 11.9 Å². The van der Waals surface area contributed by atoms with Crippen LogP contribution in [0.25, 0.3) is 0 Å². The molecule has 1 heterocycles. The summed E-state index contributed by atoms with van der Waals surface area (Å²) in [7, 11) is 0. The van der Waals surface area contributed by atoms with E-state index in [1.807, 2.05) is 0 Å². The topological polar surface area (TPSA) is 83.8 Å². The lowest BCUT2D eigenvalue weighted by Gasteiger charge is -2.15. The van der Waals surface area contributed by atoms with Gasteiger partial charge in [-0.25, -0.2) is 9.59 Å². The molecule has 1 aliphatic heterocycles. The number of carboxylic acid groups (broad SMARTS) is 2. The molecule has 0 saturated heterocycles. The molecule has 82 valence electrons. The minimum absolute atomic E-state index is 0.0744. The Bertz CT molecular complexity index is 501. The van der Waals surface area contributed by atoms with E-state index in [9.17, 15) is 9.59 Å². The number of hydrogen-bond acceptors (Lipinski definition) is 3. The number of aliphatic carboxylic acids is 1. The molecular weight excluding hydrogens is 212 g/mol. The van der Waals surface area contributed by atoms with Crippen LogP contribution in [0, 0.1) is 0 Å². The molecule has 0 unspecified atom stereocenters. The molecular formula is C11H8O5. The molecule has 1 aliphatic rings. The number of allylic oxidation sites excluding steroid dienone is 1. The third-order valence-corrected chi connectivity index (χ3v) is 2.25. The van der Waals surface area contributed by atoms with Crippen molar-refractivity contribution in [1.29, 1.82) is 0 Å². The Kier molecular flexibility index (Phi) is 2.36. The van der Waals surface area contributed by atoms with Gasteiger partial charge in [0.1, 0.15) is 5.75 Å². The molecule has 5 nitrogen and oxygen atoms in total. The Balaban J connectivity index is 2.37. The second-order valence-electron chi connectivity index (χ2n) is 3.31. The molecule has 2 N–H and O–H groups in total. The van der Waals surface area contributed by atoms with Gasteiger partial charge in [-0.3, -0.25) is 0 Å². The van der Waals surface area contributed by atoms with Gasteiger partial charge in [-0.1, -0.05) is 6.07 Å². The van der Waals surface area contributed by atoms with Crippen LogP contribution in [0.4, 0.5) is 0 Å². The lowest BCUT2D eigenvalue weighted by atomic mass is 10.1. The van der Waals surface area contributed by atoms with Crippen molar-refractivity contribution in [3.05, 3.63) is 41.2 Å². The highest BCUT2D eigenvalue weighted by molar-refractivity contribution is 5.89. The van der Waals surface area contributed by atoms with Crippen LogP contribution >= 0.6 is 0 Å². The highest BCUT2D eigenvalue weighted by Gasteiger charge is 2.18. The fourth-order valence-corrected chi connectivity index (χ4v) is 1.44. The number of carboxylic acids is 2. The van der Waals surface area contributed by atoms with E-state index in [2.05, 4.69) is 0 Å². The second kappa shape index (κ2) is 3.69. The van der Waals surface area contributed by atoms with Crippen molar-refractivity contribution in [2.75, 3.05) is 0 Å². The molecule has 0 bridgehead atoms. The third kappa shape index (κ3) is 1.75. The fraction of sp³-hybridized carbons (Fsp3) is 0.0909. The largest absolute Gasteiger partial charge is 0.478 e. The van der Waals surface area contributed by atoms with Gasteiger partial charge in [-0.15, -0.1) is 0 Å². The van der Waals surface area contributed by atoms with Crippen LogP contribution in [0.15, 0.2) is 30.0 Å². The van der Waals surface area contributed by atoms with Crippen LogP contribution < -0.4 is 4.74 Å². The lowest BCUT2D eigenvalue weighted by Crippen LogP contribution is -2.13. The molecule has 0 saturated carbocycles. The number of fused-ring (bicyclic) bond motifs is 1. The molecule has 0 aromatic heterocycles. The number of aromatic carboxylic acids is 1. The number of benzene rings is 1. The average Bonchev–Trinajstić information content (AvgIpc) is 2.27. The molecule has 0 spiro atoms. The van der Waals surface area contributed by atoms with Crippen molar-refractivity contribution >= 4 is 11.9 Å². The zero-order valence-corrected chi connectivity index (χ0v) is 8.14. The van der Waals surface area contributed by atoms with E-state index >= 15 is 0 Å². The summed E-state index contributed by atoms with van der Waals surface area (Å²) in [6.07, 6.45) is 1.88. The van der Waals surface area contributed by atoms with Crippen molar-refractivity contribution < 1.29 is 24.5 Å². The Hall–Kier alpha value is -2.30. The maximum absolute atomic E-state index is 10.7. The van der Waals surface area contributed by atoms with Gasteiger partial charge in [0.05, 0.1) is 5.56 Å². The maximum atomic E-state index is 10.7. The fourth-order valence-electron chi connectivity index (χ4n) is 1.44. The van der Waals surface area contributed by atoms with Gasteiger partial charge in [0, 0.05) is 0 Å². The zero-order chi connectivity index (χ0) is 11.7. The minimum Gasteiger partial charge on any atom is -0.478 e. The summed E-state index contributed by atoms with van der Waals surface area (Å²) in [6.45, 7) is 0. The van der Waals surface area contributed by atoms with Gasteiger partial charge in [0.15, 0.2) is 0 Å². The summed E-state index contributed by atoms with van der Waals surface area (Å²) >= 11 is 0. The Labute approximate surface area is 90.6 Å². The molecule has 1 aromatic rings. The summed E-state index contributed by atoms with van der Waals surface area (Å²) < 4.78 is 5.08. The monoisotopic (exact) mass is 220 g/mol. The van der Waals surface area contributed by atoms with Crippen LogP contribution in [0.1, 0.15) is 15.9 Å². The van der Waals surface area contributed by atoms with Crippen LogP contribution in [-0.2, 0) is 11.2 Å². The van der Waals surface area contributed by atoms with E-state index in [1.54, 1.807) is 6.07 Å². The first-order chi connectivity index (χ1) is 7.58. The first-order valence-electron chi connectivity index (χ1n) is 4.55. The van der Waals surface area contributed by atoms with Gasteiger partial charge in [0.2, 0.25) is 5.76 Å². The van der Waals surface area contributed by atoms with E-state index in [0.717, 1.165) is 5.56 Å². The number of hydrogen-bond donors (Lipinski definition) is 2. The van der Waals surface area contributed by atoms with Crippen molar-refractivity contribution in [1.82, 2.24) is 0 Å². The predicted molar refractivity (Wildman–Crippen MR) is 53.5 cm³/mol. The average molecular weight is 220 g/mol. The summed E-state index contributed by atoms with van der Waals surface area (Å²) in [5.74, 6) is -2.11. The second-order valence-corrected chi connectivity index (χ2v) is 3.31. The van der Waals surface area contributed by atoms with Crippen molar-refractivity contribution in [3.63, 3.8) is 0 Å². The highest BCUT2D eigenvalue weighted by Crippen LogP contribution is 2.27. The Morgan fingerprint density at radius 2 is 1.94 bits per heavy atom. The molecule has 16 heavy (non-hydrogen) atoms. The molecule has 0 fully saturated rings. The third-order valence-electron chi connectivity index (χ3n) is 2.25. The van der Waals surface area contributed by atoms with Crippen molar-refractivity contribution in [2.45, 2.75) is 6.42 Å². The predicted octanol–water partition coefficient (Wildman–Crippen LogP) is 1.29. The van der Waals surface area contributed by atoms with Gasteiger partial charge < -0.3 is 14.9 Å². The molecule has 2 rings (SSSR count). The maximum Gasteiger partial charge on any atom is 0.371 e. The van der Waals surface area contributed by atoms with Crippen LogP contribution in [0.2, 0.25) is 0 Å². The molecule has 0 atom stereocenters. The number of carbonyl (C=O) groups is 2. The Morgan fingerprint density at radius 3 is 2.56 bits per heavy atom. The molecule has 0 amide bonds. The quantitative estimate of drug-likeness (QED) is 0.784. The first-order valence-corrected chi connectivity index (χ1v) is 4.55. The number of rotatable bonds is 2. The Morgan fingerprint density at radius 1 is 1.19 bits per heavy atom. The summed E-state index contributed by atoms with van der Waals surface area (Å²) in [5.41, 5.74) is 0.848.